The van der Waals surface area contributed by atoms with Gasteiger partial charge in [-0.15, -0.1) is 0 Å². The van der Waals surface area contributed by atoms with E-state index in [2.05, 4.69) is 5.32 Å². The number of aliphatic carboxylic acids is 1. The number of amides is 1. The van der Waals surface area contributed by atoms with E-state index in [1.807, 2.05) is 20.8 Å². The topological polar surface area (TPSA) is 66.4 Å². The molecule has 1 atom stereocenters. The molecule has 1 unspecified atom stereocenters. The van der Waals surface area contributed by atoms with Crippen molar-refractivity contribution in [3.63, 3.8) is 0 Å². The standard InChI is InChI=1S/C11H21NO3/c1-4-7-9(11(14)15)12-10(13)8(5-2)6-3/h8-9H,4-7H2,1-3H3,(H,12,13)(H,14,15). The fourth-order valence-corrected chi connectivity index (χ4v) is 1.50. The summed E-state index contributed by atoms with van der Waals surface area (Å²) in [6.45, 7) is 5.77. The molecule has 0 radical (unpaired) electrons. The first-order chi connectivity index (χ1) is 7.06. The number of hydrogen-bond donors (Lipinski definition) is 2. The number of carboxylic acid groups (broad SMARTS) is 1. The van der Waals surface area contributed by atoms with Gasteiger partial charge in [0.25, 0.3) is 0 Å². The highest BCUT2D eigenvalue weighted by atomic mass is 16.4. The molecule has 0 aliphatic carbocycles. The second-order valence-electron chi connectivity index (χ2n) is 3.70. The molecule has 0 heterocycles. The van der Waals surface area contributed by atoms with Gasteiger partial charge in [-0.1, -0.05) is 27.2 Å². The van der Waals surface area contributed by atoms with Gasteiger partial charge in [-0.2, -0.15) is 0 Å². The van der Waals surface area contributed by atoms with E-state index in [9.17, 15) is 9.59 Å². The normalized spacial score (nSPS) is 12.5. The van der Waals surface area contributed by atoms with Gasteiger partial charge < -0.3 is 10.4 Å². The lowest BCUT2D eigenvalue weighted by molar-refractivity contribution is -0.142. The van der Waals surface area contributed by atoms with Crippen molar-refractivity contribution in [2.75, 3.05) is 0 Å². The second-order valence-corrected chi connectivity index (χ2v) is 3.70. The smallest absolute Gasteiger partial charge is 0.326 e. The van der Waals surface area contributed by atoms with Crippen LogP contribution < -0.4 is 5.32 Å². The molecule has 0 rings (SSSR count). The van der Waals surface area contributed by atoms with Crippen molar-refractivity contribution in [1.82, 2.24) is 5.32 Å². The zero-order valence-corrected chi connectivity index (χ0v) is 9.75. The van der Waals surface area contributed by atoms with Crippen molar-refractivity contribution in [3.05, 3.63) is 0 Å². The van der Waals surface area contributed by atoms with Crippen LogP contribution in [-0.4, -0.2) is 23.0 Å². The predicted molar refractivity (Wildman–Crippen MR) is 58.5 cm³/mol. The van der Waals surface area contributed by atoms with Crippen molar-refractivity contribution in [2.45, 2.75) is 52.5 Å². The average molecular weight is 215 g/mol. The van der Waals surface area contributed by atoms with E-state index in [0.29, 0.717) is 6.42 Å². The predicted octanol–water partition coefficient (Wildman–Crippen LogP) is 1.79. The van der Waals surface area contributed by atoms with E-state index in [1.54, 1.807) is 0 Å². The minimum atomic E-state index is -0.948. The van der Waals surface area contributed by atoms with Crippen LogP contribution in [0.15, 0.2) is 0 Å². The number of carbonyl (C=O) groups is 2. The molecule has 0 spiro atoms. The number of carboxylic acids is 1. The Kier molecular flexibility index (Phi) is 6.75. The minimum absolute atomic E-state index is 0.0660. The zero-order chi connectivity index (χ0) is 11.8. The Balaban J connectivity index is 4.27. The zero-order valence-electron chi connectivity index (χ0n) is 9.75. The summed E-state index contributed by atoms with van der Waals surface area (Å²) >= 11 is 0. The summed E-state index contributed by atoms with van der Waals surface area (Å²) in [4.78, 5) is 22.4. The Labute approximate surface area is 91.1 Å². The van der Waals surface area contributed by atoms with Crippen molar-refractivity contribution in [3.8, 4) is 0 Å². The van der Waals surface area contributed by atoms with E-state index in [0.717, 1.165) is 19.3 Å². The second kappa shape index (κ2) is 7.26. The van der Waals surface area contributed by atoms with Crippen LogP contribution in [0.1, 0.15) is 46.5 Å². The van der Waals surface area contributed by atoms with Crippen LogP contribution in [0.4, 0.5) is 0 Å². The first kappa shape index (κ1) is 13.9. The van der Waals surface area contributed by atoms with E-state index in [1.165, 1.54) is 0 Å². The Morgan fingerprint density at radius 1 is 1.20 bits per heavy atom. The molecule has 0 saturated carbocycles. The lowest BCUT2D eigenvalue weighted by Gasteiger charge is -2.17. The molecule has 4 nitrogen and oxygen atoms in total. The van der Waals surface area contributed by atoms with Gasteiger partial charge in [-0.3, -0.25) is 4.79 Å². The molecule has 15 heavy (non-hydrogen) atoms. The van der Waals surface area contributed by atoms with E-state index in [-0.39, 0.29) is 11.8 Å². The summed E-state index contributed by atoms with van der Waals surface area (Å²) in [5, 5.41) is 11.4. The van der Waals surface area contributed by atoms with Crippen LogP contribution in [0.25, 0.3) is 0 Å². The summed E-state index contributed by atoms with van der Waals surface area (Å²) in [5.74, 6) is -1.15. The SMILES string of the molecule is CCCC(NC(=O)C(CC)CC)C(=O)O. The molecule has 0 aliphatic rings. The van der Waals surface area contributed by atoms with Crippen LogP contribution >= 0.6 is 0 Å². The quantitative estimate of drug-likeness (QED) is 0.680. The Hall–Kier alpha value is -1.06. The minimum Gasteiger partial charge on any atom is -0.480 e. The van der Waals surface area contributed by atoms with Crippen LogP contribution in [0.2, 0.25) is 0 Å². The molecule has 0 aromatic carbocycles. The molecular weight excluding hydrogens is 194 g/mol. The van der Waals surface area contributed by atoms with Crippen molar-refractivity contribution < 1.29 is 14.7 Å². The summed E-state index contributed by atoms with van der Waals surface area (Å²) in [5.41, 5.74) is 0. The molecule has 88 valence electrons. The molecule has 0 bridgehead atoms. The number of nitrogens with one attached hydrogen (secondary N) is 1. The maximum absolute atomic E-state index is 11.6. The lowest BCUT2D eigenvalue weighted by Crippen LogP contribution is -2.43. The molecule has 0 aromatic heterocycles. The van der Waals surface area contributed by atoms with Crippen LogP contribution in [0.3, 0.4) is 0 Å². The third-order valence-electron chi connectivity index (χ3n) is 2.55. The Morgan fingerprint density at radius 2 is 1.73 bits per heavy atom. The molecular formula is C11H21NO3. The molecule has 4 heteroatoms. The Morgan fingerprint density at radius 3 is 2.07 bits per heavy atom. The highest BCUT2D eigenvalue weighted by Crippen LogP contribution is 2.08. The summed E-state index contributed by atoms with van der Waals surface area (Å²) in [6, 6.07) is -0.733. The van der Waals surface area contributed by atoms with Gasteiger partial charge in [0.15, 0.2) is 0 Å². The van der Waals surface area contributed by atoms with Gasteiger partial charge in [-0.25, -0.2) is 4.79 Å². The van der Waals surface area contributed by atoms with Gasteiger partial charge >= 0.3 is 5.97 Å². The van der Waals surface area contributed by atoms with Crippen molar-refractivity contribution >= 4 is 11.9 Å². The fourth-order valence-electron chi connectivity index (χ4n) is 1.50. The van der Waals surface area contributed by atoms with Gasteiger partial charge in [0, 0.05) is 5.92 Å². The van der Waals surface area contributed by atoms with Crippen molar-refractivity contribution in [2.24, 2.45) is 5.92 Å². The van der Waals surface area contributed by atoms with Crippen molar-refractivity contribution in [1.29, 1.82) is 0 Å². The molecule has 2 N–H and O–H groups in total. The fraction of sp³-hybridized carbons (Fsp3) is 0.818. The number of rotatable bonds is 7. The highest BCUT2D eigenvalue weighted by Gasteiger charge is 2.22. The van der Waals surface area contributed by atoms with Gasteiger partial charge in [0.05, 0.1) is 0 Å². The molecule has 0 aliphatic heterocycles. The third-order valence-corrected chi connectivity index (χ3v) is 2.55. The monoisotopic (exact) mass is 215 g/mol. The molecule has 1 amide bonds. The number of hydrogen-bond acceptors (Lipinski definition) is 2. The van der Waals surface area contributed by atoms with Crippen LogP contribution in [0, 0.1) is 5.92 Å². The maximum atomic E-state index is 11.6. The highest BCUT2D eigenvalue weighted by molar-refractivity contribution is 5.84. The van der Waals surface area contributed by atoms with E-state index >= 15 is 0 Å². The van der Waals surface area contributed by atoms with Gasteiger partial charge in [-0.05, 0) is 19.3 Å². The summed E-state index contributed by atoms with van der Waals surface area (Å²) in [7, 11) is 0. The third kappa shape index (κ3) is 4.81. The molecule has 0 aromatic rings. The number of carbonyl (C=O) groups excluding carboxylic acids is 1. The average Bonchev–Trinajstić information content (AvgIpc) is 2.18. The van der Waals surface area contributed by atoms with E-state index in [4.69, 9.17) is 5.11 Å². The maximum Gasteiger partial charge on any atom is 0.326 e. The van der Waals surface area contributed by atoms with Gasteiger partial charge in [0.1, 0.15) is 6.04 Å². The Bertz CT molecular complexity index is 212. The lowest BCUT2D eigenvalue weighted by atomic mass is 10.0. The first-order valence-electron chi connectivity index (χ1n) is 5.59. The summed E-state index contributed by atoms with van der Waals surface area (Å²) < 4.78 is 0. The molecule has 0 saturated heterocycles. The molecule has 0 fully saturated rings. The first-order valence-corrected chi connectivity index (χ1v) is 5.59. The van der Waals surface area contributed by atoms with Crippen LogP contribution in [-0.2, 0) is 9.59 Å². The van der Waals surface area contributed by atoms with E-state index < -0.39 is 12.0 Å². The van der Waals surface area contributed by atoms with Gasteiger partial charge in [0.2, 0.25) is 5.91 Å². The van der Waals surface area contributed by atoms with Crippen LogP contribution in [0.5, 0.6) is 0 Å². The largest absolute Gasteiger partial charge is 0.480 e. The summed E-state index contributed by atoms with van der Waals surface area (Å²) in [6.07, 6.45) is 2.74.